The molecule has 1 aromatic carbocycles. The van der Waals surface area contributed by atoms with Gasteiger partial charge in [0.05, 0.1) is 10.1 Å². The number of benzene rings is 1. The van der Waals surface area contributed by atoms with Gasteiger partial charge in [0.1, 0.15) is 12.4 Å². The van der Waals surface area contributed by atoms with Crippen LogP contribution in [0.25, 0.3) is 0 Å². The summed E-state index contributed by atoms with van der Waals surface area (Å²) in [5.74, 6) is 4.95. The molecule has 0 aromatic heterocycles. The van der Waals surface area contributed by atoms with Crippen molar-refractivity contribution in [2.75, 3.05) is 19.8 Å². The average molecular weight is 380 g/mol. The van der Waals surface area contributed by atoms with Crippen LogP contribution >= 0.6 is 0 Å². The van der Waals surface area contributed by atoms with Crippen molar-refractivity contribution < 1.29 is 27.8 Å². The molecular formula is C19H24O6S. The van der Waals surface area contributed by atoms with Crippen LogP contribution in [-0.2, 0) is 19.4 Å². The van der Waals surface area contributed by atoms with Crippen molar-refractivity contribution in [2.24, 2.45) is 5.92 Å². The molecule has 0 aliphatic carbocycles. The minimum atomic E-state index is -3.64. The number of hydrogen-bond acceptors (Lipinski definition) is 5. The molecule has 1 unspecified atom stereocenters. The Balaban J connectivity index is 2.20. The molecule has 1 aliphatic heterocycles. The van der Waals surface area contributed by atoms with Crippen LogP contribution in [0.15, 0.2) is 29.2 Å². The summed E-state index contributed by atoms with van der Waals surface area (Å²) >= 11 is 0. The number of carboxylic acids is 1. The summed E-state index contributed by atoms with van der Waals surface area (Å²) in [5, 5.41) is 8.27. The quantitative estimate of drug-likeness (QED) is 0.697. The molecule has 1 saturated heterocycles. The molecule has 7 heteroatoms. The maximum Gasteiger partial charge on any atom is 0.303 e. The molecule has 0 amide bonds. The second-order valence-corrected chi connectivity index (χ2v) is 8.32. The van der Waals surface area contributed by atoms with E-state index in [-0.39, 0.29) is 30.3 Å². The van der Waals surface area contributed by atoms with Gasteiger partial charge in [-0.15, -0.1) is 5.92 Å². The molecule has 1 atom stereocenters. The number of carboxylic acid groups (broad SMARTS) is 1. The second-order valence-electron chi connectivity index (χ2n) is 6.15. The van der Waals surface area contributed by atoms with E-state index in [0.717, 1.165) is 0 Å². The Hall–Kier alpha value is -2.04. The van der Waals surface area contributed by atoms with Gasteiger partial charge in [-0.3, -0.25) is 4.79 Å². The number of rotatable bonds is 8. The van der Waals surface area contributed by atoms with Gasteiger partial charge in [-0.25, -0.2) is 8.42 Å². The van der Waals surface area contributed by atoms with Gasteiger partial charge < -0.3 is 14.6 Å². The van der Waals surface area contributed by atoms with Crippen molar-refractivity contribution >= 4 is 15.8 Å². The van der Waals surface area contributed by atoms with Crippen LogP contribution in [0.3, 0.4) is 0 Å². The van der Waals surface area contributed by atoms with Crippen molar-refractivity contribution in [1.82, 2.24) is 0 Å². The average Bonchev–Trinajstić information content (AvgIpc) is 2.63. The van der Waals surface area contributed by atoms with Crippen molar-refractivity contribution in [3.05, 3.63) is 24.3 Å². The van der Waals surface area contributed by atoms with E-state index in [0.29, 0.717) is 31.8 Å². The first-order chi connectivity index (χ1) is 12.4. The normalized spacial score (nSPS) is 16.3. The Morgan fingerprint density at radius 1 is 1.31 bits per heavy atom. The smallest absolute Gasteiger partial charge is 0.303 e. The Morgan fingerprint density at radius 2 is 1.96 bits per heavy atom. The summed E-state index contributed by atoms with van der Waals surface area (Å²) < 4.78 is 37.0. The topological polar surface area (TPSA) is 89.9 Å². The Morgan fingerprint density at radius 3 is 2.54 bits per heavy atom. The predicted molar refractivity (Wildman–Crippen MR) is 96.8 cm³/mol. The van der Waals surface area contributed by atoms with E-state index in [1.807, 2.05) is 0 Å². The van der Waals surface area contributed by atoms with Crippen LogP contribution in [0, 0.1) is 17.8 Å². The number of aliphatic carboxylic acids is 1. The van der Waals surface area contributed by atoms with Gasteiger partial charge in [0.25, 0.3) is 0 Å². The molecule has 1 fully saturated rings. The molecule has 1 N–H and O–H groups in total. The molecular weight excluding hydrogens is 356 g/mol. The van der Waals surface area contributed by atoms with Crippen LogP contribution in [-0.4, -0.2) is 44.6 Å². The molecule has 0 spiro atoms. The van der Waals surface area contributed by atoms with Crippen molar-refractivity contribution in [1.29, 1.82) is 0 Å². The van der Waals surface area contributed by atoms with E-state index in [2.05, 4.69) is 11.8 Å². The number of ether oxygens (including phenoxy) is 2. The van der Waals surface area contributed by atoms with Gasteiger partial charge in [0.2, 0.25) is 0 Å². The summed E-state index contributed by atoms with van der Waals surface area (Å²) in [7, 11) is -3.64. The third kappa shape index (κ3) is 5.48. The Kier molecular flexibility index (Phi) is 7.49. The van der Waals surface area contributed by atoms with Crippen LogP contribution in [0.5, 0.6) is 5.75 Å². The first-order valence-electron chi connectivity index (χ1n) is 8.61. The van der Waals surface area contributed by atoms with E-state index >= 15 is 0 Å². The monoisotopic (exact) mass is 380 g/mol. The van der Waals surface area contributed by atoms with Crippen molar-refractivity contribution in [2.45, 2.75) is 42.8 Å². The molecule has 26 heavy (non-hydrogen) atoms. The van der Waals surface area contributed by atoms with Crippen molar-refractivity contribution in [3.63, 3.8) is 0 Å². The van der Waals surface area contributed by atoms with Crippen LogP contribution in [0.4, 0.5) is 0 Å². The first-order valence-corrected chi connectivity index (χ1v) is 10.2. The molecule has 0 bridgehead atoms. The zero-order valence-electron chi connectivity index (χ0n) is 14.8. The molecule has 1 heterocycles. The fourth-order valence-corrected chi connectivity index (χ4v) is 5.16. The Bertz CT molecular complexity index is 751. The molecule has 1 aromatic rings. The van der Waals surface area contributed by atoms with Gasteiger partial charge in [-0.2, -0.15) is 0 Å². The molecule has 0 saturated carbocycles. The number of carbonyl (C=O) groups is 1. The zero-order chi connectivity index (χ0) is 19.0. The van der Waals surface area contributed by atoms with Gasteiger partial charge >= 0.3 is 5.97 Å². The maximum atomic E-state index is 13.1. The standard InChI is InChI=1S/C19H24O6S/c1-2-3-12-25-16-4-6-17(7-5-16)26(22,23)18(8-9-19(20)21)15-10-13-24-14-11-15/h4-7,15,18H,8-14H2,1H3,(H,20,21). The third-order valence-corrected chi connectivity index (χ3v) is 6.82. The molecule has 2 rings (SSSR count). The Labute approximate surface area is 154 Å². The third-order valence-electron chi connectivity index (χ3n) is 4.47. The molecule has 1 aliphatic rings. The summed E-state index contributed by atoms with van der Waals surface area (Å²) in [6.45, 7) is 2.97. The van der Waals surface area contributed by atoms with Crippen LogP contribution in [0.2, 0.25) is 0 Å². The van der Waals surface area contributed by atoms with Gasteiger partial charge in [-0.05, 0) is 56.4 Å². The van der Waals surface area contributed by atoms with E-state index in [9.17, 15) is 13.2 Å². The fraction of sp³-hybridized carbons (Fsp3) is 0.526. The lowest BCUT2D eigenvalue weighted by Crippen LogP contribution is -2.34. The minimum Gasteiger partial charge on any atom is -0.481 e. The highest BCUT2D eigenvalue weighted by Gasteiger charge is 2.35. The fourth-order valence-electron chi connectivity index (χ4n) is 3.09. The van der Waals surface area contributed by atoms with Crippen LogP contribution < -0.4 is 4.74 Å². The lowest BCUT2D eigenvalue weighted by Gasteiger charge is -2.30. The summed E-state index contributed by atoms with van der Waals surface area (Å²) in [6.07, 6.45) is 1.19. The predicted octanol–water partition coefficient (Wildman–Crippen LogP) is 2.52. The largest absolute Gasteiger partial charge is 0.481 e. The number of hydrogen-bond donors (Lipinski definition) is 1. The minimum absolute atomic E-state index is 0.0937. The van der Waals surface area contributed by atoms with Crippen LogP contribution in [0.1, 0.15) is 32.6 Å². The highest BCUT2D eigenvalue weighted by atomic mass is 32.2. The first kappa shape index (κ1) is 20.3. The maximum absolute atomic E-state index is 13.1. The van der Waals surface area contributed by atoms with E-state index in [4.69, 9.17) is 14.6 Å². The van der Waals surface area contributed by atoms with Gasteiger partial charge in [0.15, 0.2) is 9.84 Å². The van der Waals surface area contributed by atoms with E-state index in [1.165, 1.54) is 12.1 Å². The lowest BCUT2D eigenvalue weighted by molar-refractivity contribution is -0.137. The molecule has 6 nitrogen and oxygen atoms in total. The van der Waals surface area contributed by atoms with Gasteiger partial charge in [-0.1, -0.05) is 5.92 Å². The summed E-state index contributed by atoms with van der Waals surface area (Å²) in [6, 6.07) is 6.22. The molecule has 0 radical (unpaired) electrons. The molecule has 142 valence electrons. The van der Waals surface area contributed by atoms with E-state index < -0.39 is 21.1 Å². The SMILES string of the molecule is CC#CCOc1ccc(S(=O)(=O)C(CCC(=O)O)C2CCOCC2)cc1. The summed E-state index contributed by atoms with van der Waals surface area (Å²) in [5.41, 5.74) is 0. The second kappa shape index (κ2) is 9.60. The highest BCUT2D eigenvalue weighted by molar-refractivity contribution is 7.92. The summed E-state index contributed by atoms with van der Waals surface area (Å²) in [4.78, 5) is 11.2. The lowest BCUT2D eigenvalue weighted by atomic mass is 9.93. The highest BCUT2D eigenvalue weighted by Crippen LogP contribution is 2.32. The zero-order valence-corrected chi connectivity index (χ0v) is 15.6. The van der Waals surface area contributed by atoms with E-state index in [1.54, 1.807) is 19.1 Å². The number of sulfone groups is 1. The van der Waals surface area contributed by atoms with Crippen molar-refractivity contribution in [3.8, 4) is 17.6 Å². The van der Waals surface area contributed by atoms with Gasteiger partial charge in [0, 0.05) is 19.6 Å².